The fourth-order valence-corrected chi connectivity index (χ4v) is 1.61. The van der Waals surface area contributed by atoms with Crippen LogP contribution >= 0.6 is 11.6 Å². The molecule has 1 aromatic heterocycles. The molecule has 2 nitrogen and oxygen atoms in total. The van der Waals surface area contributed by atoms with E-state index in [-0.39, 0.29) is 0 Å². The summed E-state index contributed by atoms with van der Waals surface area (Å²) < 4.78 is 5.15. The quantitative estimate of drug-likeness (QED) is 0.707. The number of aromatic nitrogens is 1. The number of benzene rings is 1. The van der Waals surface area contributed by atoms with Gasteiger partial charge in [-0.1, -0.05) is 18.2 Å². The molecular formula is C11H10ClNO. The first kappa shape index (κ1) is 9.28. The molecule has 3 heteroatoms. The van der Waals surface area contributed by atoms with Gasteiger partial charge in [-0.05, 0) is 12.1 Å². The van der Waals surface area contributed by atoms with Gasteiger partial charge in [0.2, 0.25) is 5.88 Å². The van der Waals surface area contributed by atoms with Gasteiger partial charge in [-0.15, -0.1) is 11.6 Å². The van der Waals surface area contributed by atoms with E-state index in [4.69, 9.17) is 16.3 Å². The molecule has 0 aliphatic heterocycles. The van der Waals surface area contributed by atoms with E-state index in [1.165, 1.54) is 0 Å². The molecule has 0 unspecified atom stereocenters. The second kappa shape index (κ2) is 3.84. The van der Waals surface area contributed by atoms with Gasteiger partial charge in [0.1, 0.15) is 0 Å². The predicted octanol–water partition coefficient (Wildman–Crippen LogP) is 2.98. The van der Waals surface area contributed by atoms with E-state index >= 15 is 0 Å². The Morgan fingerprint density at radius 2 is 2.14 bits per heavy atom. The third-order valence-corrected chi connectivity index (χ3v) is 2.39. The molecular weight excluding hydrogens is 198 g/mol. The highest BCUT2D eigenvalue weighted by Gasteiger charge is 2.05. The summed E-state index contributed by atoms with van der Waals surface area (Å²) in [7, 11) is 1.60. The minimum absolute atomic E-state index is 0.418. The lowest BCUT2D eigenvalue weighted by Gasteiger charge is -2.06. The number of nitrogens with zero attached hydrogens (tertiary/aromatic N) is 1. The number of hydrogen-bond acceptors (Lipinski definition) is 2. The summed E-state index contributed by atoms with van der Waals surface area (Å²) in [6.07, 6.45) is 0. The molecule has 0 saturated heterocycles. The van der Waals surface area contributed by atoms with E-state index in [9.17, 15) is 0 Å². The number of rotatable bonds is 2. The smallest absolute Gasteiger partial charge is 0.218 e. The predicted molar refractivity (Wildman–Crippen MR) is 57.9 cm³/mol. The van der Waals surface area contributed by atoms with E-state index in [2.05, 4.69) is 4.98 Å². The maximum Gasteiger partial charge on any atom is 0.218 e. The molecule has 0 aliphatic rings. The maximum absolute atomic E-state index is 5.79. The Hall–Kier alpha value is -1.28. The van der Waals surface area contributed by atoms with Crippen LogP contribution in [0.5, 0.6) is 5.88 Å². The number of pyridine rings is 1. The lowest BCUT2D eigenvalue weighted by Crippen LogP contribution is -1.93. The summed E-state index contributed by atoms with van der Waals surface area (Å²) in [6.45, 7) is 0. The third-order valence-electron chi connectivity index (χ3n) is 2.10. The van der Waals surface area contributed by atoms with Gasteiger partial charge in [0.05, 0.1) is 18.5 Å². The summed E-state index contributed by atoms with van der Waals surface area (Å²) in [5.41, 5.74) is 1.85. The van der Waals surface area contributed by atoms with Gasteiger partial charge in [-0.3, -0.25) is 0 Å². The highest BCUT2D eigenvalue weighted by atomic mass is 35.5. The molecule has 0 aliphatic carbocycles. The number of ether oxygens (including phenoxy) is 1. The van der Waals surface area contributed by atoms with Crippen LogP contribution in [0, 0.1) is 0 Å². The average molecular weight is 208 g/mol. The molecule has 0 saturated carbocycles. The van der Waals surface area contributed by atoms with Gasteiger partial charge in [-0.25, -0.2) is 4.98 Å². The second-order valence-corrected chi connectivity index (χ2v) is 3.25. The van der Waals surface area contributed by atoms with Gasteiger partial charge in [0, 0.05) is 10.9 Å². The molecule has 0 atom stereocenters. The lowest BCUT2D eigenvalue weighted by molar-refractivity contribution is 0.396. The zero-order valence-electron chi connectivity index (χ0n) is 7.83. The van der Waals surface area contributed by atoms with E-state index in [0.717, 1.165) is 16.5 Å². The van der Waals surface area contributed by atoms with Crippen molar-refractivity contribution in [2.24, 2.45) is 0 Å². The largest absolute Gasteiger partial charge is 0.481 e. The highest BCUT2D eigenvalue weighted by molar-refractivity contribution is 6.17. The molecule has 0 N–H and O–H groups in total. The minimum Gasteiger partial charge on any atom is -0.481 e. The Morgan fingerprint density at radius 1 is 1.36 bits per heavy atom. The Balaban J connectivity index is 2.69. The van der Waals surface area contributed by atoms with Gasteiger partial charge in [-0.2, -0.15) is 0 Å². The topological polar surface area (TPSA) is 22.1 Å². The number of alkyl halides is 1. The van der Waals surface area contributed by atoms with Crippen molar-refractivity contribution < 1.29 is 4.74 Å². The number of para-hydroxylation sites is 1. The van der Waals surface area contributed by atoms with Crippen molar-refractivity contribution in [3.8, 4) is 5.88 Å². The van der Waals surface area contributed by atoms with Crippen LogP contribution in [-0.2, 0) is 5.88 Å². The van der Waals surface area contributed by atoms with Crippen molar-refractivity contribution in [2.75, 3.05) is 7.11 Å². The summed E-state index contributed by atoms with van der Waals surface area (Å²) in [6, 6.07) is 9.91. The molecule has 1 heterocycles. The molecule has 0 radical (unpaired) electrons. The summed E-state index contributed by atoms with van der Waals surface area (Å²) in [5.74, 6) is 1.03. The van der Waals surface area contributed by atoms with Gasteiger partial charge in [0.25, 0.3) is 0 Å². The molecule has 2 aromatic rings. The number of fused-ring (bicyclic) bond motifs is 1. The van der Waals surface area contributed by atoms with Crippen molar-refractivity contribution in [3.05, 3.63) is 35.9 Å². The number of halogens is 1. The van der Waals surface area contributed by atoms with Crippen LogP contribution in [0.2, 0.25) is 0 Å². The Labute approximate surface area is 87.5 Å². The molecule has 14 heavy (non-hydrogen) atoms. The molecule has 0 spiro atoms. The average Bonchev–Trinajstić information content (AvgIpc) is 2.27. The van der Waals surface area contributed by atoms with Crippen LogP contribution in [0.1, 0.15) is 5.56 Å². The minimum atomic E-state index is 0.418. The van der Waals surface area contributed by atoms with Crippen LogP contribution in [0.15, 0.2) is 30.3 Å². The second-order valence-electron chi connectivity index (χ2n) is 2.98. The molecule has 1 aromatic carbocycles. The fourth-order valence-electron chi connectivity index (χ4n) is 1.41. The van der Waals surface area contributed by atoms with Crippen LogP contribution < -0.4 is 4.74 Å². The van der Waals surface area contributed by atoms with Crippen LogP contribution in [0.4, 0.5) is 0 Å². The number of hydrogen-bond donors (Lipinski definition) is 0. The van der Waals surface area contributed by atoms with Crippen LogP contribution in [0.3, 0.4) is 0 Å². The summed E-state index contributed by atoms with van der Waals surface area (Å²) in [5, 5.41) is 1.09. The molecule has 2 rings (SSSR count). The first-order valence-electron chi connectivity index (χ1n) is 4.34. The van der Waals surface area contributed by atoms with Crippen LogP contribution in [0.25, 0.3) is 10.9 Å². The van der Waals surface area contributed by atoms with Gasteiger partial charge >= 0.3 is 0 Å². The Bertz CT molecular complexity index is 413. The van der Waals surface area contributed by atoms with Gasteiger partial charge < -0.3 is 4.74 Å². The zero-order valence-corrected chi connectivity index (χ0v) is 8.58. The van der Waals surface area contributed by atoms with Crippen molar-refractivity contribution in [2.45, 2.75) is 5.88 Å². The highest BCUT2D eigenvalue weighted by Crippen LogP contribution is 2.23. The van der Waals surface area contributed by atoms with Crippen molar-refractivity contribution in [1.29, 1.82) is 0 Å². The fraction of sp³-hybridized carbons (Fsp3) is 0.182. The SMILES string of the molecule is COc1nc2ccccc2cc1CCl. The number of methoxy groups -OCH3 is 1. The normalized spacial score (nSPS) is 10.4. The monoisotopic (exact) mass is 207 g/mol. The zero-order chi connectivity index (χ0) is 9.97. The Morgan fingerprint density at radius 3 is 2.86 bits per heavy atom. The molecule has 0 bridgehead atoms. The van der Waals surface area contributed by atoms with Crippen molar-refractivity contribution in [1.82, 2.24) is 4.98 Å². The van der Waals surface area contributed by atoms with E-state index in [1.807, 2.05) is 30.3 Å². The molecule has 0 amide bonds. The van der Waals surface area contributed by atoms with E-state index in [0.29, 0.717) is 11.8 Å². The molecule has 0 fully saturated rings. The third kappa shape index (κ3) is 1.53. The summed E-state index contributed by atoms with van der Waals surface area (Å²) >= 11 is 5.79. The van der Waals surface area contributed by atoms with Crippen molar-refractivity contribution >= 4 is 22.5 Å². The van der Waals surface area contributed by atoms with Crippen LogP contribution in [-0.4, -0.2) is 12.1 Å². The Kier molecular flexibility index (Phi) is 2.55. The van der Waals surface area contributed by atoms with Gasteiger partial charge in [0.15, 0.2) is 0 Å². The first-order valence-corrected chi connectivity index (χ1v) is 4.87. The van der Waals surface area contributed by atoms with Crippen molar-refractivity contribution in [3.63, 3.8) is 0 Å². The maximum atomic E-state index is 5.79. The van der Waals surface area contributed by atoms with E-state index in [1.54, 1.807) is 7.11 Å². The lowest BCUT2D eigenvalue weighted by atomic mass is 10.2. The first-order chi connectivity index (χ1) is 6.85. The van der Waals surface area contributed by atoms with E-state index < -0.39 is 0 Å². The summed E-state index contributed by atoms with van der Waals surface area (Å²) in [4.78, 5) is 4.36. The standard InChI is InChI=1S/C11H10ClNO/c1-14-11-9(7-12)6-8-4-2-3-5-10(8)13-11/h2-6H,7H2,1H3. The molecule has 72 valence electrons.